The van der Waals surface area contributed by atoms with Crippen molar-refractivity contribution in [3.8, 4) is 0 Å². The molecule has 0 saturated carbocycles. The lowest BCUT2D eigenvalue weighted by Crippen LogP contribution is -2.48. The normalized spacial score (nSPS) is 15.5. The third-order valence-corrected chi connectivity index (χ3v) is 7.00. The van der Waals surface area contributed by atoms with E-state index in [1.807, 2.05) is 0 Å². The minimum absolute atomic E-state index is 0.0445. The molecule has 0 aliphatic carbocycles. The average Bonchev–Trinajstić information content (AvgIpc) is 2.67. The van der Waals surface area contributed by atoms with Crippen LogP contribution in [0, 0.1) is 0 Å². The predicted molar refractivity (Wildman–Crippen MR) is 113 cm³/mol. The highest BCUT2D eigenvalue weighted by atomic mass is 32.2. The molecule has 2 heterocycles. The van der Waals surface area contributed by atoms with E-state index in [2.05, 4.69) is 10.0 Å². The molecule has 10 heteroatoms. The first-order chi connectivity index (χ1) is 14.1. The van der Waals surface area contributed by atoms with Crippen molar-refractivity contribution in [1.82, 2.24) is 9.62 Å². The molecule has 1 saturated heterocycles. The van der Waals surface area contributed by atoms with E-state index in [4.69, 9.17) is 4.42 Å². The molecular weight excluding hydrogens is 410 g/mol. The lowest BCUT2D eigenvalue weighted by molar-refractivity contribution is 0.101. The minimum Gasteiger partial charge on any atom is -0.422 e. The van der Waals surface area contributed by atoms with E-state index in [1.54, 1.807) is 36.9 Å². The number of hydrogen-bond donors (Lipinski definition) is 2. The smallest absolute Gasteiger partial charge is 0.347 e. The number of Topliss-reactive ketones (excluding diaryl/α,β-unsaturated/α-hetero) is 1. The first kappa shape index (κ1) is 22.0. The highest BCUT2D eigenvalue weighted by Gasteiger charge is 2.27. The fourth-order valence-corrected chi connectivity index (χ4v) is 4.19. The molecule has 0 spiro atoms. The number of sulfonamides is 1. The second-order valence-electron chi connectivity index (χ2n) is 7.66. The Morgan fingerprint density at radius 3 is 2.43 bits per heavy atom. The topological polar surface area (TPSA) is 126 Å². The number of likely N-dealkylation sites (tertiary alicyclic amines) is 1. The molecule has 9 nitrogen and oxygen atoms in total. The van der Waals surface area contributed by atoms with Crippen LogP contribution in [0.15, 0.2) is 33.5 Å². The zero-order valence-electron chi connectivity index (χ0n) is 17.1. The third-order valence-electron chi connectivity index (χ3n) is 5.10. The Labute approximate surface area is 174 Å². The molecule has 1 aliphatic rings. The number of carbonyl (C=O) groups is 2. The fraction of sp³-hybridized carbons (Fsp3) is 0.450. The number of amides is 2. The fourth-order valence-electron chi connectivity index (χ4n) is 3.22. The molecule has 2 amide bonds. The van der Waals surface area contributed by atoms with E-state index >= 15 is 0 Å². The second-order valence-corrected chi connectivity index (χ2v) is 9.93. The molecule has 2 aromatic rings. The molecule has 1 fully saturated rings. The highest BCUT2D eigenvalue weighted by molar-refractivity contribution is 7.90. The molecule has 1 aromatic carbocycles. The van der Waals surface area contributed by atoms with Crippen LogP contribution in [0.4, 0.5) is 10.5 Å². The largest absolute Gasteiger partial charge is 0.422 e. The molecule has 2 N–H and O–H groups in total. The standard InChI is InChI=1S/C20H25N3O6S/c1-12(2)30(27,28)22-15-6-8-23(9-7-15)20(26)21-16-4-5-18-14(10-16)11-17(13(3)24)19(25)29-18/h4-5,10-12,15,22H,6-9H2,1-3H3,(H,21,26). The van der Waals surface area contributed by atoms with Crippen molar-refractivity contribution >= 4 is 38.5 Å². The van der Waals surface area contributed by atoms with Crippen molar-refractivity contribution in [1.29, 1.82) is 0 Å². The van der Waals surface area contributed by atoms with Crippen LogP contribution in [-0.2, 0) is 10.0 Å². The number of ketones is 1. The van der Waals surface area contributed by atoms with Gasteiger partial charge < -0.3 is 14.6 Å². The summed E-state index contributed by atoms with van der Waals surface area (Å²) in [5.41, 5.74) is 0.0828. The number of benzene rings is 1. The number of urea groups is 1. The Bertz CT molecular complexity index is 1130. The van der Waals surface area contributed by atoms with Crippen molar-refractivity contribution in [2.45, 2.75) is 44.9 Å². The van der Waals surface area contributed by atoms with Gasteiger partial charge >= 0.3 is 11.7 Å². The van der Waals surface area contributed by atoms with Crippen molar-refractivity contribution in [3.63, 3.8) is 0 Å². The molecular formula is C20H25N3O6S. The number of hydrogen-bond acceptors (Lipinski definition) is 6. The Morgan fingerprint density at radius 2 is 1.83 bits per heavy atom. The molecule has 0 bridgehead atoms. The van der Waals surface area contributed by atoms with Gasteiger partial charge in [-0.25, -0.2) is 22.7 Å². The summed E-state index contributed by atoms with van der Waals surface area (Å²) >= 11 is 0. The number of nitrogens with one attached hydrogen (secondary N) is 2. The van der Waals surface area contributed by atoms with Gasteiger partial charge in [-0.2, -0.15) is 0 Å². The Balaban J connectivity index is 1.65. The van der Waals surface area contributed by atoms with Crippen molar-refractivity contribution < 1.29 is 22.4 Å². The maximum Gasteiger partial charge on any atom is 0.347 e. The zero-order chi connectivity index (χ0) is 22.1. The van der Waals surface area contributed by atoms with E-state index in [9.17, 15) is 22.8 Å². The van der Waals surface area contributed by atoms with E-state index in [-0.39, 0.29) is 17.6 Å². The molecule has 30 heavy (non-hydrogen) atoms. The molecule has 0 atom stereocenters. The first-order valence-electron chi connectivity index (χ1n) is 9.73. The lowest BCUT2D eigenvalue weighted by Gasteiger charge is -2.32. The molecule has 0 radical (unpaired) electrons. The second kappa shape index (κ2) is 8.57. The van der Waals surface area contributed by atoms with Crippen LogP contribution in [0.5, 0.6) is 0 Å². The van der Waals surface area contributed by atoms with E-state index in [0.29, 0.717) is 42.6 Å². The van der Waals surface area contributed by atoms with Gasteiger partial charge in [0.15, 0.2) is 5.78 Å². The summed E-state index contributed by atoms with van der Waals surface area (Å²) < 4.78 is 31.8. The Morgan fingerprint density at radius 1 is 1.17 bits per heavy atom. The van der Waals surface area contributed by atoms with Crippen molar-refractivity contribution in [3.05, 3.63) is 40.2 Å². The number of fused-ring (bicyclic) bond motifs is 1. The molecule has 1 aromatic heterocycles. The monoisotopic (exact) mass is 435 g/mol. The van der Waals surface area contributed by atoms with Crippen LogP contribution < -0.4 is 15.7 Å². The van der Waals surface area contributed by atoms with Gasteiger partial charge in [0, 0.05) is 30.2 Å². The summed E-state index contributed by atoms with van der Waals surface area (Å²) in [6.07, 6.45) is 1.06. The van der Waals surface area contributed by atoms with Crippen LogP contribution in [0.2, 0.25) is 0 Å². The molecule has 162 valence electrons. The Hall–Kier alpha value is -2.72. The van der Waals surface area contributed by atoms with Crippen molar-refractivity contribution in [2.24, 2.45) is 0 Å². The first-order valence-corrected chi connectivity index (χ1v) is 11.3. The number of nitrogens with zero attached hydrogens (tertiary/aromatic N) is 1. The van der Waals surface area contributed by atoms with Gasteiger partial charge in [0.1, 0.15) is 11.1 Å². The summed E-state index contributed by atoms with van der Waals surface area (Å²) in [6.45, 7) is 5.38. The number of carbonyl (C=O) groups excluding carboxylic acids is 2. The maximum atomic E-state index is 12.6. The highest BCUT2D eigenvalue weighted by Crippen LogP contribution is 2.20. The number of rotatable bonds is 5. The number of piperidine rings is 1. The summed E-state index contributed by atoms with van der Waals surface area (Å²) in [6, 6.07) is 5.76. The minimum atomic E-state index is -3.34. The van der Waals surface area contributed by atoms with Crippen molar-refractivity contribution in [2.75, 3.05) is 18.4 Å². The summed E-state index contributed by atoms with van der Waals surface area (Å²) in [5.74, 6) is -0.393. The van der Waals surface area contributed by atoms with E-state index in [0.717, 1.165) is 0 Å². The third kappa shape index (κ3) is 4.88. The van der Waals surface area contributed by atoms with Crippen LogP contribution in [0.1, 0.15) is 44.0 Å². The van der Waals surface area contributed by atoms with Gasteiger partial charge in [0.25, 0.3) is 0 Å². The van der Waals surface area contributed by atoms with Gasteiger partial charge in [-0.05, 0) is 57.9 Å². The average molecular weight is 436 g/mol. The zero-order valence-corrected chi connectivity index (χ0v) is 17.9. The maximum absolute atomic E-state index is 12.6. The predicted octanol–water partition coefficient (Wildman–Crippen LogP) is 2.32. The lowest BCUT2D eigenvalue weighted by atomic mass is 10.1. The molecule has 1 aliphatic heterocycles. The van der Waals surface area contributed by atoms with Gasteiger partial charge in [-0.3, -0.25) is 4.79 Å². The van der Waals surface area contributed by atoms with Gasteiger partial charge in [0.2, 0.25) is 10.0 Å². The van der Waals surface area contributed by atoms with Crippen LogP contribution in [0.25, 0.3) is 11.0 Å². The SMILES string of the molecule is CC(=O)c1cc2cc(NC(=O)N3CCC(NS(=O)(=O)C(C)C)CC3)ccc2oc1=O. The molecule has 3 rings (SSSR count). The summed E-state index contributed by atoms with van der Waals surface area (Å²) in [5, 5.41) is 2.82. The van der Waals surface area contributed by atoms with Crippen LogP contribution >= 0.6 is 0 Å². The van der Waals surface area contributed by atoms with Crippen LogP contribution in [0.3, 0.4) is 0 Å². The van der Waals surface area contributed by atoms with E-state index in [1.165, 1.54) is 13.0 Å². The number of anilines is 1. The van der Waals surface area contributed by atoms with Gasteiger partial charge in [0.05, 0.1) is 5.25 Å². The Kier molecular flexibility index (Phi) is 6.27. The van der Waals surface area contributed by atoms with Gasteiger partial charge in [-0.1, -0.05) is 0 Å². The van der Waals surface area contributed by atoms with Gasteiger partial charge in [-0.15, -0.1) is 0 Å². The van der Waals surface area contributed by atoms with Crippen LogP contribution in [-0.4, -0.2) is 49.5 Å². The summed E-state index contributed by atoms with van der Waals surface area (Å²) in [7, 11) is -3.34. The molecule has 0 unspecified atom stereocenters. The van der Waals surface area contributed by atoms with E-state index < -0.39 is 26.7 Å². The summed E-state index contributed by atoms with van der Waals surface area (Å²) in [4.78, 5) is 37.5. The quantitative estimate of drug-likeness (QED) is 0.548.